The maximum atomic E-state index is 12.5. The van der Waals surface area contributed by atoms with Gasteiger partial charge in [-0.2, -0.15) is 0 Å². The Kier molecular flexibility index (Phi) is 4.92. The van der Waals surface area contributed by atoms with E-state index in [1.54, 1.807) is 6.20 Å². The molecule has 2 aromatic rings. The average molecular weight is 363 g/mol. The molecule has 0 radical (unpaired) electrons. The maximum Gasteiger partial charge on any atom is 0.228 e. The lowest BCUT2D eigenvalue weighted by Gasteiger charge is -2.34. The van der Waals surface area contributed by atoms with Crippen LogP contribution in [0.25, 0.3) is 10.9 Å². The molecule has 2 aliphatic rings. The average Bonchev–Trinajstić information content (AvgIpc) is 2.64. The Labute approximate surface area is 159 Å². The van der Waals surface area contributed by atoms with Crippen LogP contribution >= 0.6 is 0 Å². The van der Waals surface area contributed by atoms with Gasteiger partial charge < -0.3 is 10.1 Å². The number of nitrogens with one attached hydrogen (secondary N) is 1. The SMILES string of the molecule is CC(C)C1=CCCC(NC(=O)C2CC(Oc3cccc4cccnc34)C2)=N1. The lowest BCUT2D eigenvalue weighted by atomic mass is 9.81. The van der Waals surface area contributed by atoms with Gasteiger partial charge in [-0.1, -0.05) is 38.1 Å². The van der Waals surface area contributed by atoms with Crippen LogP contribution in [0.5, 0.6) is 5.75 Å². The van der Waals surface area contributed by atoms with Crippen molar-refractivity contribution in [2.45, 2.75) is 45.6 Å². The van der Waals surface area contributed by atoms with Crippen molar-refractivity contribution >= 4 is 22.6 Å². The molecule has 1 aromatic heterocycles. The summed E-state index contributed by atoms with van der Waals surface area (Å²) in [5.41, 5.74) is 1.94. The minimum absolute atomic E-state index is 0.00552. The van der Waals surface area contributed by atoms with E-state index in [1.807, 2.05) is 30.3 Å². The smallest absolute Gasteiger partial charge is 0.228 e. The van der Waals surface area contributed by atoms with Crippen LogP contribution in [0.2, 0.25) is 0 Å². The predicted octanol–water partition coefficient (Wildman–Crippen LogP) is 4.24. The number of carbonyl (C=O) groups is 1. The predicted molar refractivity (Wildman–Crippen MR) is 107 cm³/mol. The fourth-order valence-electron chi connectivity index (χ4n) is 3.54. The summed E-state index contributed by atoms with van der Waals surface area (Å²) in [6.07, 6.45) is 7.20. The number of carbonyl (C=O) groups excluding carboxylic acids is 1. The molecule has 1 saturated carbocycles. The first-order valence-corrected chi connectivity index (χ1v) is 9.69. The number of aromatic nitrogens is 1. The number of amides is 1. The molecule has 0 bridgehead atoms. The molecular weight excluding hydrogens is 338 g/mol. The van der Waals surface area contributed by atoms with Gasteiger partial charge in [0.05, 0.1) is 0 Å². The first kappa shape index (κ1) is 17.7. The Morgan fingerprint density at radius 1 is 1.22 bits per heavy atom. The van der Waals surface area contributed by atoms with Crippen molar-refractivity contribution in [2.24, 2.45) is 16.8 Å². The molecule has 0 saturated heterocycles. The number of amidine groups is 1. The lowest BCUT2D eigenvalue weighted by Crippen LogP contribution is -2.45. The van der Waals surface area contributed by atoms with E-state index >= 15 is 0 Å². The van der Waals surface area contributed by atoms with E-state index in [0.717, 1.165) is 53.9 Å². The standard InChI is InChI=1S/C22H25N3O2/c1-14(2)18-8-4-10-20(24-18)25-22(26)16-12-17(13-16)27-19-9-3-6-15-7-5-11-23-21(15)19/h3,5-9,11,14,16-17H,4,10,12-13H2,1-2H3,(H,24,25,26). The van der Waals surface area contributed by atoms with Crippen LogP contribution in [0.3, 0.4) is 0 Å². The molecule has 2 heterocycles. The van der Waals surface area contributed by atoms with E-state index in [1.165, 1.54) is 0 Å². The molecule has 0 spiro atoms. The molecule has 4 rings (SSSR count). The van der Waals surface area contributed by atoms with Crippen molar-refractivity contribution in [1.82, 2.24) is 10.3 Å². The highest BCUT2D eigenvalue weighted by Gasteiger charge is 2.36. The van der Waals surface area contributed by atoms with Crippen LogP contribution in [-0.4, -0.2) is 22.8 Å². The van der Waals surface area contributed by atoms with E-state index < -0.39 is 0 Å². The van der Waals surface area contributed by atoms with Gasteiger partial charge in [-0.25, -0.2) is 4.99 Å². The zero-order chi connectivity index (χ0) is 18.8. The van der Waals surface area contributed by atoms with E-state index in [0.29, 0.717) is 5.92 Å². The van der Waals surface area contributed by atoms with Gasteiger partial charge in [0.2, 0.25) is 5.91 Å². The first-order valence-electron chi connectivity index (χ1n) is 9.69. The second-order valence-electron chi connectivity index (χ2n) is 7.61. The van der Waals surface area contributed by atoms with Crippen LogP contribution in [0.1, 0.15) is 39.5 Å². The number of aliphatic imine (C=N–C) groups is 1. The minimum Gasteiger partial charge on any atom is -0.488 e. The lowest BCUT2D eigenvalue weighted by molar-refractivity contribution is -0.129. The maximum absolute atomic E-state index is 12.5. The third-order valence-electron chi connectivity index (χ3n) is 5.21. The molecule has 5 heteroatoms. The highest BCUT2D eigenvalue weighted by Crippen LogP contribution is 2.34. The second kappa shape index (κ2) is 7.51. The number of nitrogens with zero attached hydrogens (tertiary/aromatic N) is 2. The van der Waals surface area contributed by atoms with Gasteiger partial charge >= 0.3 is 0 Å². The van der Waals surface area contributed by atoms with Gasteiger partial charge in [0.15, 0.2) is 0 Å². The Bertz CT molecular complexity index is 905. The molecule has 27 heavy (non-hydrogen) atoms. The molecule has 1 aromatic carbocycles. The van der Waals surface area contributed by atoms with Crippen molar-refractivity contribution in [3.63, 3.8) is 0 Å². The number of hydrogen-bond donors (Lipinski definition) is 1. The quantitative estimate of drug-likeness (QED) is 0.884. The summed E-state index contributed by atoms with van der Waals surface area (Å²) < 4.78 is 6.10. The zero-order valence-electron chi connectivity index (χ0n) is 15.8. The van der Waals surface area contributed by atoms with Gasteiger partial charge in [-0.15, -0.1) is 0 Å². The highest BCUT2D eigenvalue weighted by molar-refractivity contribution is 6.00. The van der Waals surface area contributed by atoms with Crippen molar-refractivity contribution in [1.29, 1.82) is 0 Å². The number of ether oxygens (including phenoxy) is 1. The Balaban J connectivity index is 1.33. The third-order valence-corrected chi connectivity index (χ3v) is 5.21. The molecule has 0 atom stereocenters. The molecule has 1 amide bonds. The number of rotatable bonds is 4. The summed E-state index contributed by atoms with van der Waals surface area (Å²) in [7, 11) is 0. The fourth-order valence-corrected chi connectivity index (χ4v) is 3.54. The van der Waals surface area contributed by atoms with Crippen molar-refractivity contribution < 1.29 is 9.53 Å². The Hall–Kier alpha value is -2.69. The number of benzene rings is 1. The first-order chi connectivity index (χ1) is 13.1. The second-order valence-corrected chi connectivity index (χ2v) is 7.61. The monoisotopic (exact) mass is 363 g/mol. The van der Waals surface area contributed by atoms with Crippen LogP contribution in [0, 0.1) is 11.8 Å². The fraction of sp³-hybridized carbons (Fsp3) is 0.409. The molecule has 1 N–H and O–H groups in total. The number of para-hydroxylation sites is 1. The molecule has 1 aliphatic heterocycles. The van der Waals surface area contributed by atoms with Crippen LogP contribution in [-0.2, 0) is 4.79 Å². The third kappa shape index (κ3) is 3.87. The van der Waals surface area contributed by atoms with Crippen molar-refractivity contribution in [3.8, 4) is 5.75 Å². The van der Waals surface area contributed by atoms with E-state index in [9.17, 15) is 4.79 Å². The number of pyridine rings is 1. The van der Waals surface area contributed by atoms with Gasteiger partial charge in [0, 0.05) is 29.6 Å². The largest absolute Gasteiger partial charge is 0.488 e. The minimum atomic E-state index is -0.00552. The van der Waals surface area contributed by atoms with E-state index in [4.69, 9.17) is 4.74 Å². The number of allylic oxidation sites excluding steroid dienone is 2. The summed E-state index contributed by atoms with van der Waals surface area (Å²) in [5.74, 6) is 2.03. The van der Waals surface area contributed by atoms with Crippen LogP contribution in [0.15, 0.2) is 53.3 Å². The van der Waals surface area contributed by atoms with Crippen molar-refractivity contribution in [2.75, 3.05) is 0 Å². The highest BCUT2D eigenvalue weighted by atomic mass is 16.5. The molecule has 5 nitrogen and oxygen atoms in total. The number of fused-ring (bicyclic) bond motifs is 1. The molecule has 1 fully saturated rings. The molecular formula is C22H25N3O2. The Morgan fingerprint density at radius 2 is 2.04 bits per heavy atom. The summed E-state index contributed by atoms with van der Waals surface area (Å²) >= 11 is 0. The molecule has 1 aliphatic carbocycles. The normalized spacial score (nSPS) is 22.0. The Morgan fingerprint density at radius 3 is 2.85 bits per heavy atom. The summed E-state index contributed by atoms with van der Waals surface area (Å²) in [6, 6.07) is 9.89. The molecule has 140 valence electrons. The topological polar surface area (TPSA) is 63.6 Å². The van der Waals surface area contributed by atoms with Gasteiger partial charge in [0.1, 0.15) is 23.2 Å². The summed E-state index contributed by atoms with van der Waals surface area (Å²) in [4.78, 5) is 21.5. The van der Waals surface area contributed by atoms with Crippen molar-refractivity contribution in [3.05, 3.63) is 48.3 Å². The number of hydrogen-bond acceptors (Lipinski definition) is 4. The van der Waals surface area contributed by atoms with Crippen LogP contribution < -0.4 is 10.1 Å². The van der Waals surface area contributed by atoms with E-state index in [2.05, 4.69) is 35.2 Å². The van der Waals surface area contributed by atoms with Gasteiger partial charge in [-0.3, -0.25) is 9.78 Å². The van der Waals surface area contributed by atoms with E-state index in [-0.39, 0.29) is 17.9 Å². The van der Waals surface area contributed by atoms with Gasteiger partial charge in [0.25, 0.3) is 0 Å². The zero-order valence-corrected chi connectivity index (χ0v) is 15.8. The van der Waals surface area contributed by atoms with Crippen LogP contribution in [0.4, 0.5) is 0 Å². The summed E-state index contributed by atoms with van der Waals surface area (Å²) in [6.45, 7) is 4.24. The molecule has 0 unspecified atom stereocenters. The van der Waals surface area contributed by atoms with Gasteiger partial charge in [-0.05, 0) is 37.3 Å². The summed E-state index contributed by atoms with van der Waals surface area (Å²) in [5, 5.41) is 4.08.